The van der Waals surface area contributed by atoms with Gasteiger partial charge in [-0.25, -0.2) is 14.4 Å². The Morgan fingerprint density at radius 1 is 1.20 bits per heavy atom. The molecule has 0 spiro atoms. The topological polar surface area (TPSA) is 25.8 Å². The molecule has 0 N–H and O–H groups in total. The molecule has 1 aromatic heterocycles. The number of hydrogen-bond acceptors (Lipinski definition) is 2. The van der Waals surface area contributed by atoms with Crippen molar-refractivity contribution in [3.63, 3.8) is 0 Å². The molecule has 82 valence electrons. The Balaban J connectivity index is 2.03. The molecule has 1 heterocycles. The van der Waals surface area contributed by atoms with E-state index in [1.165, 1.54) is 12.4 Å². The van der Waals surface area contributed by atoms with E-state index >= 15 is 0 Å². The largest absolute Gasteiger partial charge is 0.243 e. The van der Waals surface area contributed by atoms with Crippen LogP contribution < -0.4 is 0 Å². The highest BCUT2D eigenvalue weighted by molar-refractivity contribution is 6.30. The van der Waals surface area contributed by atoms with Crippen molar-refractivity contribution >= 4 is 11.6 Å². The molecule has 2 rings (SSSR count). The van der Waals surface area contributed by atoms with Gasteiger partial charge in [0, 0.05) is 18.8 Å². The minimum absolute atomic E-state index is 0.324. The second-order valence-corrected chi connectivity index (χ2v) is 4.64. The third-order valence-electron chi connectivity index (χ3n) is 2.90. The summed E-state index contributed by atoms with van der Waals surface area (Å²) < 4.78 is 14.2. The highest BCUT2D eigenvalue weighted by atomic mass is 35.5. The summed E-state index contributed by atoms with van der Waals surface area (Å²) in [5.74, 6) is 0.559. The predicted molar refractivity (Wildman–Crippen MR) is 57.7 cm³/mol. The molecule has 1 aliphatic rings. The lowest BCUT2D eigenvalue weighted by Crippen LogP contribution is -2.29. The van der Waals surface area contributed by atoms with Crippen LogP contribution in [0.5, 0.6) is 0 Å². The number of alkyl halides is 1. The summed E-state index contributed by atoms with van der Waals surface area (Å²) in [6.45, 7) is 0. The summed E-state index contributed by atoms with van der Waals surface area (Å²) in [5.41, 5.74) is -1.09. The van der Waals surface area contributed by atoms with E-state index in [0.717, 1.165) is 19.3 Å². The molecule has 2 nitrogen and oxygen atoms in total. The van der Waals surface area contributed by atoms with E-state index in [1.807, 2.05) is 0 Å². The van der Waals surface area contributed by atoms with Crippen molar-refractivity contribution in [3.05, 3.63) is 23.2 Å². The molecular formula is C11H14ClFN2. The van der Waals surface area contributed by atoms with Gasteiger partial charge in [-0.05, 0) is 12.8 Å². The normalized spacial score (nSPS) is 20.1. The lowest BCUT2D eigenvalue weighted by molar-refractivity contribution is 0.105. The van der Waals surface area contributed by atoms with Crippen LogP contribution in [0.3, 0.4) is 0 Å². The van der Waals surface area contributed by atoms with Gasteiger partial charge in [-0.1, -0.05) is 30.9 Å². The molecule has 0 radical (unpaired) electrons. The molecule has 0 unspecified atom stereocenters. The first-order chi connectivity index (χ1) is 7.18. The van der Waals surface area contributed by atoms with Crippen LogP contribution in [0.4, 0.5) is 4.39 Å². The van der Waals surface area contributed by atoms with Crippen LogP contribution in [0.25, 0.3) is 0 Å². The average Bonchev–Trinajstić information content (AvgIpc) is 2.22. The van der Waals surface area contributed by atoms with Gasteiger partial charge in [0.05, 0.1) is 5.02 Å². The first kappa shape index (κ1) is 10.8. The molecule has 0 aromatic carbocycles. The zero-order valence-corrected chi connectivity index (χ0v) is 9.30. The summed E-state index contributed by atoms with van der Waals surface area (Å²) in [7, 11) is 0. The maximum atomic E-state index is 14.2. The summed E-state index contributed by atoms with van der Waals surface area (Å²) in [5, 5.41) is 0.496. The van der Waals surface area contributed by atoms with E-state index in [4.69, 9.17) is 11.6 Å². The zero-order valence-electron chi connectivity index (χ0n) is 8.55. The van der Waals surface area contributed by atoms with Gasteiger partial charge in [-0.3, -0.25) is 0 Å². The van der Waals surface area contributed by atoms with Crippen LogP contribution in [-0.2, 0) is 6.42 Å². The average molecular weight is 229 g/mol. The Kier molecular flexibility index (Phi) is 3.19. The number of aromatic nitrogens is 2. The van der Waals surface area contributed by atoms with E-state index in [0.29, 0.717) is 30.1 Å². The second-order valence-electron chi connectivity index (χ2n) is 4.21. The third kappa shape index (κ3) is 2.88. The molecule has 1 aliphatic carbocycles. The van der Waals surface area contributed by atoms with Gasteiger partial charge in [0.1, 0.15) is 11.5 Å². The molecule has 0 amide bonds. The van der Waals surface area contributed by atoms with Crippen molar-refractivity contribution in [1.82, 2.24) is 9.97 Å². The van der Waals surface area contributed by atoms with Crippen molar-refractivity contribution in [1.29, 1.82) is 0 Å². The molecule has 1 saturated carbocycles. The lowest BCUT2D eigenvalue weighted by atomic mass is 9.84. The minimum Gasteiger partial charge on any atom is -0.243 e. The molecule has 0 saturated heterocycles. The van der Waals surface area contributed by atoms with E-state index in [2.05, 4.69) is 9.97 Å². The van der Waals surface area contributed by atoms with Crippen LogP contribution in [0.1, 0.15) is 37.9 Å². The standard InChI is InChI=1S/C11H14ClFN2/c12-9-7-14-10(15-8-9)6-11(13)4-2-1-3-5-11/h7-8H,1-6H2. The highest BCUT2D eigenvalue weighted by Gasteiger charge is 2.32. The fourth-order valence-electron chi connectivity index (χ4n) is 2.08. The van der Waals surface area contributed by atoms with Gasteiger partial charge >= 0.3 is 0 Å². The van der Waals surface area contributed by atoms with Gasteiger partial charge in [0.15, 0.2) is 0 Å². The molecule has 0 atom stereocenters. The van der Waals surface area contributed by atoms with E-state index in [1.54, 1.807) is 0 Å². The fraction of sp³-hybridized carbons (Fsp3) is 0.636. The molecular weight excluding hydrogens is 215 g/mol. The van der Waals surface area contributed by atoms with Crippen molar-refractivity contribution in [3.8, 4) is 0 Å². The lowest BCUT2D eigenvalue weighted by Gasteiger charge is -2.28. The van der Waals surface area contributed by atoms with E-state index in [9.17, 15) is 4.39 Å². The Bertz CT molecular complexity index is 320. The highest BCUT2D eigenvalue weighted by Crippen LogP contribution is 2.33. The molecule has 0 bridgehead atoms. The van der Waals surface area contributed by atoms with Crippen LogP contribution in [0.15, 0.2) is 12.4 Å². The first-order valence-electron chi connectivity index (χ1n) is 5.33. The minimum atomic E-state index is -1.09. The van der Waals surface area contributed by atoms with Gasteiger partial charge in [0.2, 0.25) is 0 Å². The smallest absolute Gasteiger partial charge is 0.131 e. The van der Waals surface area contributed by atoms with Crippen molar-refractivity contribution in [2.24, 2.45) is 0 Å². The fourth-order valence-corrected chi connectivity index (χ4v) is 2.17. The van der Waals surface area contributed by atoms with Crippen LogP contribution in [-0.4, -0.2) is 15.6 Å². The SMILES string of the molecule is FC1(Cc2ncc(Cl)cn2)CCCCC1. The van der Waals surface area contributed by atoms with E-state index < -0.39 is 5.67 Å². The van der Waals surface area contributed by atoms with Crippen molar-refractivity contribution < 1.29 is 4.39 Å². The molecule has 1 aromatic rings. The Morgan fingerprint density at radius 3 is 2.40 bits per heavy atom. The van der Waals surface area contributed by atoms with Gasteiger partial charge < -0.3 is 0 Å². The van der Waals surface area contributed by atoms with Crippen molar-refractivity contribution in [2.75, 3.05) is 0 Å². The van der Waals surface area contributed by atoms with Gasteiger partial charge in [0.25, 0.3) is 0 Å². The van der Waals surface area contributed by atoms with E-state index in [-0.39, 0.29) is 0 Å². The summed E-state index contributed by atoms with van der Waals surface area (Å²) >= 11 is 5.67. The Morgan fingerprint density at radius 2 is 1.80 bits per heavy atom. The summed E-state index contributed by atoms with van der Waals surface area (Å²) in [4.78, 5) is 8.07. The maximum absolute atomic E-state index is 14.2. The molecule has 15 heavy (non-hydrogen) atoms. The molecule has 4 heteroatoms. The van der Waals surface area contributed by atoms with Gasteiger partial charge in [-0.2, -0.15) is 0 Å². The maximum Gasteiger partial charge on any atom is 0.131 e. The Hall–Kier alpha value is -0.700. The molecule has 0 aliphatic heterocycles. The quantitative estimate of drug-likeness (QED) is 0.776. The van der Waals surface area contributed by atoms with Crippen LogP contribution >= 0.6 is 11.6 Å². The Labute approximate surface area is 93.9 Å². The second kappa shape index (κ2) is 4.44. The van der Waals surface area contributed by atoms with Crippen molar-refractivity contribution in [2.45, 2.75) is 44.2 Å². The van der Waals surface area contributed by atoms with Crippen LogP contribution in [0.2, 0.25) is 5.02 Å². The van der Waals surface area contributed by atoms with Gasteiger partial charge in [-0.15, -0.1) is 0 Å². The third-order valence-corrected chi connectivity index (χ3v) is 3.09. The number of hydrogen-bond donors (Lipinski definition) is 0. The predicted octanol–water partition coefficient (Wildman–Crippen LogP) is 3.34. The first-order valence-corrected chi connectivity index (χ1v) is 5.71. The number of rotatable bonds is 2. The number of halogens is 2. The monoisotopic (exact) mass is 228 g/mol. The summed E-state index contributed by atoms with van der Waals surface area (Å²) in [6.07, 6.45) is 7.75. The zero-order chi connectivity index (χ0) is 10.7. The van der Waals surface area contributed by atoms with Crippen LogP contribution in [0, 0.1) is 0 Å². The molecule has 1 fully saturated rings. The number of nitrogens with zero attached hydrogens (tertiary/aromatic N) is 2. The summed E-state index contributed by atoms with van der Waals surface area (Å²) in [6, 6.07) is 0.